The molecule has 3 aromatic heterocycles. The molecule has 4 aromatic rings. The molecule has 1 unspecified atom stereocenters. The van der Waals surface area contributed by atoms with E-state index in [0.717, 1.165) is 65.4 Å². The number of aromatic nitrogens is 3. The minimum atomic E-state index is -0.0303. The molecule has 2 bridgehead atoms. The maximum absolute atomic E-state index is 13.6. The standard InChI is InChI=1S/C33H43N7O5S/c1-5-37-11-12-38(29(42)16-24-21-40-13-14-46-33(40)35-24)10-8-28(41)34-18-22-7-6-9-39(19-22)32-23(20-37)15-25-26(36-32)17-27(43-2)31(45-4)30(25)44-3/h13-15,17,21-22H,5-12,16,18-20H2,1-4H3,(H,34,41). The SMILES string of the molecule is CCN1CCN(C(=O)Cc2cn3ccsc3n2)CCC(=O)NCC2CCCN(C2)c2nc3cc(OC)c(OC)c(OC)c3cc2C1. The fraction of sp³-hybridized carbons (Fsp3) is 0.515. The number of thiazole rings is 1. The number of nitrogens with one attached hydrogen (secondary N) is 1. The van der Waals surface area contributed by atoms with Gasteiger partial charge in [0.15, 0.2) is 16.5 Å². The molecule has 0 radical (unpaired) electrons. The summed E-state index contributed by atoms with van der Waals surface area (Å²) in [5.74, 6) is 2.84. The molecular formula is C33H43N7O5S. The summed E-state index contributed by atoms with van der Waals surface area (Å²) in [6.07, 6.45) is 6.36. The maximum atomic E-state index is 13.6. The first kappa shape index (κ1) is 31.9. The van der Waals surface area contributed by atoms with E-state index in [4.69, 9.17) is 19.2 Å². The molecule has 0 saturated carbocycles. The van der Waals surface area contributed by atoms with E-state index in [9.17, 15) is 9.59 Å². The lowest BCUT2D eigenvalue weighted by atomic mass is 9.97. The topological polar surface area (TPSA) is 114 Å². The molecule has 13 heteroatoms. The van der Waals surface area contributed by atoms with Gasteiger partial charge in [-0.2, -0.15) is 0 Å². The van der Waals surface area contributed by atoms with E-state index in [-0.39, 0.29) is 24.7 Å². The van der Waals surface area contributed by atoms with Crippen LogP contribution < -0.4 is 24.4 Å². The van der Waals surface area contributed by atoms with Gasteiger partial charge < -0.3 is 29.3 Å². The number of hydrogen-bond acceptors (Lipinski definition) is 10. The van der Waals surface area contributed by atoms with Crippen molar-refractivity contribution in [3.8, 4) is 17.2 Å². The molecule has 12 nitrogen and oxygen atoms in total. The molecule has 6 rings (SSSR count). The van der Waals surface area contributed by atoms with Crippen LogP contribution in [0.25, 0.3) is 15.9 Å². The van der Waals surface area contributed by atoms with E-state index in [1.807, 2.05) is 33.1 Å². The van der Waals surface area contributed by atoms with Crippen molar-refractivity contribution >= 4 is 44.8 Å². The van der Waals surface area contributed by atoms with Gasteiger partial charge in [0.1, 0.15) is 5.82 Å². The van der Waals surface area contributed by atoms with Gasteiger partial charge in [-0.15, -0.1) is 11.3 Å². The van der Waals surface area contributed by atoms with Crippen molar-refractivity contribution in [2.45, 2.75) is 39.2 Å². The predicted octanol–water partition coefficient (Wildman–Crippen LogP) is 3.60. The van der Waals surface area contributed by atoms with Crippen molar-refractivity contribution in [3.05, 3.63) is 41.2 Å². The van der Waals surface area contributed by atoms with Gasteiger partial charge in [0, 0.05) is 87.0 Å². The Labute approximate surface area is 273 Å². The van der Waals surface area contributed by atoms with Gasteiger partial charge >= 0.3 is 0 Å². The van der Waals surface area contributed by atoms with Crippen LogP contribution >= 0.6 is 11.3 Å². The Morgan fingerprint density at radius 2 is 1.91 bits per heavy atom. The Kier molecular flexibility index (Phi) is 9.78. The van der Waals surface area contributed by atoms with E-state index in [1.54, 1.807) is 32.7 Å². The summed E-state index contributed by atoms with van der Waals surface area (Å²) in [7, 11) is 4.85. The molecule has 2 aliphatic rings. The second kappa shape index (κ2) is 14.1. The normalized spacial score (nSPS) is 18.5. The number of piperidine rings is 1. The molecule has 0 aliphatic carbocycles. The Balaban J connectivity index is 1.34. The van der Waals surface area contributed by atoms with E-state index >= 15 is 0 Å². The number of carbonyl (C=O) groups excluding carboxylic acids is 2. The smallest absolute Gasteiger partial charge is 0.228 e. The molecule has 0 spiro atoms. The summed E-state index contributed by atoms with van der Waals surface area (Å²) in [6, 6.07) is 4.07. The van der Waals surface area contributed by atoms with Crippen molar-refractivity contribution in [3.63, 3.8) is 0 Å². The molecule has 1 saturated heterocycles. The minimum absolute atomic E-state index is 0.0280. The van der Waals surface area contributed by atoms with Gasteiger partial charge in [0.05, 0.1) is 39.0 Å². The number of rotatable bonds is 6. The van der Waals surface area contributed by atoms with Crippen LogP contribution in [0.1, 0.15) is 37.4 Å². The first-order valence-electron chi connectivity index (χ1n) is 16.0. The Bertz CT molecular complexity index is 1680. The van der Waals surface area contributed by atoms with E-state index < -0.39 is 0 Å². The Morgan fingerprint density at radius 1 is 1.07 bits per heavy atom. The van der Waals surface area contributed by atoms with Crippen LogP contribution in [-0.4, -0.2) is 103 Å². The number of ether oxygens (including phenoxy) is 3. The predicted molar refractivity (Wildman–Crippen MR) is 178 cm³/mol. The number of anilines is 1. The van der Waals surface area contributed by atoms with Gasteiger partial charge in [-0.05, 0) is 31.4 Å². The fourth-order valence-corrected chi connectivity index (χ4v) is 7.28. The summed E-state index contributed by atoms with van der Waals surface area (Å²) in [6.45, 7) is 7.35. The number of hydrogen-bond donors (Lipinski definition) is 1. The van der Waals surface area contributed by atoms with E-state index in [2.05, 4.69) is 33.1 Å². The molecule has 46 heavy (non-hydrogen) atoms. The summed E-state index contributed by atoms with van der Waals surface area (Å²) in [5, 5.41) is 5.98. The molecule has 2 aliphatic heterocycles. The first-order valence-corrected chi connectivity index (χ1v) is 16.8. The fourth-order valence-electron chi connectivity index (χ4n) is 6.56. The number of imidazole rings is 1. The van der Waals surface area contributed by atoms with Gasteiger partial charge in [-0.3, -0.25) is 18.9 Å². The average molecular weight is 650 g/mol. The lowest BCUT2D eigenvalue weighted by Gasteiger charge is -2.35. The number of methoxy groups -OCH3 is 3. The average Bonchev–Trinajstić information content (AvgIpc) is 3.67. The number of benzene rings is 1. The van der Waals surface area contributed by atoms with Crippen LogP contribution in [0.3, 0.4) is 0 Å². The molecular weight excluding hydrogens is 606 g/mol. The zero-order valence-corrected chi connectivity index (χ0v) is 27.9. The largest absolute Gasteiger partial charge is 0.493 e. The number of likely N-dealkylation sites (N-methyl/N-ethyl adjacent to an activating group) is 1. The summed E-state index contributed by atoms with van der Waals surface area (Å²) in [5.41, 5.74) is 2.58. The van der Waals surface area contributed by atoms with Crippen molar-refractivity contribution in [2.75, 3.05) is 72.0 Å². The number of fused-ring (bicyclic) bond motifs is 6. The minimum Gasteiger partial charge on any atom is -0.493 e. The maximum Gasteiger partial charge on any atom is 0.228 e. The van der Waals surface area contributed by atoms with Crippen LogP contribution in [-0.2, 0) is 22.6 Å². The van der Waals surface area contributed by atoms with Crippen LogP contribution in [0.15, 0.2) is 29.9 Å². The molecule has 5 heterocycles. The third-order valence-corrected chi connectivity index (χ3v) is 9.82. The Hall–Kier alpha value is -4.10. The lowest BCUT2D eigenvalue weighted by molar-refractivity contribution is -0.131. The summed E-state index contributed by atoms with van der Waals surface area (Å²) < 4.78 is 19.1. The van der Waals surface area contributed by atoms with Crippen LogP contribution in [0.2, 0.25) is 0 Å². The molecule has 1 aromatic carbocycles. The highest BCUT2D eigenvalue weighted by Crippen LogP contribution is 2.44. The molecule has 1 N–H and O–H groups in total. The third kappa shape index (κ3) is 6.70. The number of amides is 2. The second-order valence-electron chi connectivity index (χ2n) is 11.9. The van der Waals surface area contributed by atoms with Crippen molar-refractivity contribution in [1.82, 2.24) is 29.5 Å². The Morgan fingerprint density at radius 3 is 2.67 bits per heavy atom. The quantitative estimate of drug-likeness (QED) is 0.335. The van der Waals surface area contributed by atoms with Crippen molar-refractivity contribution in [1.29, 1.82) is 0 Å². The van der Waals surface area contributed by atoms with Gasteiger partial charge in [-0.25, -0.2) is 9.97 Å². The van der Waals surface area contributed by atoms with Gasteiger partial charge in [0.25, 0.3) is 0 Å². The zero-order valence-electron chi connectivity index (χ0n) is 27.1. The van der Waals surface area contributed by atoms with E-state index in [1.165, 1.54) is 0 Å². The van der Waals surface area contributed by atoms with Crippen molar-refractivity contribution < 1.29 is 23.8 Å². The van der Waals surface area contributed by atoms with Crippen LogP contribution in [0.4, 0.5) is 5.82 Å². The highest BCUT2D eigenvalue weighted by atomic mass is 32.1. The first-order chi connectivity index (χ1) is 22.4. The summed E-state index contributed by atoms with van der Waals surface area (Å²) in [4.78, 5) is 43.8. The van der Waals surface area contributed by atoms with Gasteiger partial charge in [0.2, 0.25) is 17.6 Å². The monoisotopic (exact) mass is 649 g/mol. The van der Waals surface area contributed by atoms with Gasteiger partial charge in [-0.1, -0.05) is 6.92 Å². The summed E-state index contributed by atoms with van der Waals surface area (Å²) >= 11 is 1.54. The number of carbonyl (C=O) groups is 2. The van der Waals surface area contributed by atoms with Crippen LogP contribution in [0, 0.1) is 5.92 Å². The number of pyridine rings is 1. The zero-order chi connectivity index (χ0) is 32.2. The molecule has 2 amide bonds. The van der Waals surface area contributed by atoms with Crippen molar-refractivity contribution in [2.24, 2.45) is 5.92 Å². The molecule has 1 atom stereocenters. The lowest BCUT2D eigenvalue weighted by Crippen LogP contribution is -2.42. The second-order valence-corrected chi connectivity index (χ2v) is 12.8. The molecule has 1 fully saturated rings. The van der Waals surface area contributed by atoms with Crippen LogP contribution in [0.5, 0.6) is 17.2 Å². The molecule has 246 valence electrons. The van der Waals surface area contributed by atoms with E-state index in [0.29, 0.717) is 55.9 Å². The third-order valence-electron chi connectivity index (χ3n) is 9.05. The highest BCUT2D eigenvalue weighted by molar-refractivity contribution is 7.15. The highest BCUT2D eigenvalue weighted by Gasteiger charge is 2.27. The number of nitrogens with zero attached hydrogens (tertiary/aromatic N) is 6.